The van der Waals surface area contributed by atoms with Crippen molar-refractivity contribution in [2.45, 2.75) is 11.3 Å². The summed E-state index contributed by atoms with van der Waals surface area (Å²) in [7, 11) is 0. The topological polar surface area (TPSA) is 67.4 Å². The molecule has 0 unspecified atom stereocenters. The Bertz CT molecular complexity index is 393. The zero-order valence-corrected chi connectivity index (χ0v) is 11.9. The number of ether oxygens (including phenoxy) is 1. The molecular formula is C10H16N4O2S2. The summed E-state index contributed by atoms with van der Waals surface area (Å²) in [5.41, 5.74) is 0. The van der Waals surface area contributed by atoms with E-state index >= 15 is 0 Å². The minimum atomic E-state index is -0.115. The van der Waals surface area contributed by atoms with Crippen molar-refractivity contribution < 1.29 is 9.53 Å². The molecule has 0 saturated carbocycles. The Hall–Kier alpha value is -0.700. The van der Waals surface area contributed by atoms with Crippen LogP contribution in [0.15, 0.2) is 4.34 Å². The molecule has 0 radical (unpaired) electrons. The van der Waals surface area contributed by atoms with Gasteiger partial charge in [0.1, 0.15) is 0 Å². The summed E-state index contributed by atoms with van der Waals surface area (Å²) < 4.78 is 6.19. The third-order valence-electron chi connectivity index (χ3n) is 2.43. The molecule has 0 aromatic carbocycles. The summed E-state index contributed by atoms with van der Waals surface area (Å²) in [5.74, 6) is 0.866. The predicted octanol–water partition coefficient (Wildman–Crippen LogP) is 0.921. The lowest BCUT2D eigenvalue weighted by atomic mass is 10.4. The monoisotopic (exact) mass is 288 g/mol. The molecule has 0 bridgehead atoms. The molecule has 1 aliphatic heterocycles. The normalized spacial score (nSPS) is 16.7. The molecule has 2 heterocycles. The number of rotatable bonds is 5. The maximum absolute atomic E-state index is 10.8. The van der Waals surface area contributed by atoms with E-state index in [1.807, 2.05) is 0 Å². The molecule has 1 fully saturated rings. The highest BCUT2D eigenvalue weighted by molar-refractivity contribution is 8.01. The smallest absolute Gasteiger partial charge is 0.223 e. The number of thioether (sulfide) groups is 1. The average Bonchev–Trinajstić information content (AvgIpc) is 2.77. The van der Waals surface area contributed by atoms with Crippen molar-refractivity contribution in [3.8, 4) is 0 Å². The first-order valence-corrected chi connectivity index (χ1v) is 7.58. The molecule has 0 spiro atoms. The number of nitrogens with one attached hydrogen (secondary N) is 1. The first-order chi connectivity index (χ1) is 8.74. The number of nitrogens with zero attached hydrogens (tertiary/aromatic N) is 3. The molecule has 1 N–H and O–H groups in total. The van der Waals surface area contributed by atoms with Crippen LogP contribution < -0.4 is 5.32 Å². The zero-order valence-electron chi connectivity index (χ0n) is 10.2. The van der Waals surface area contributed by atoms with Gasteiger partial charge in [-0.2, -0.15) is 0 Å². The van der Waals surface area contributed by atoms with Gasteiger partial charge in [0.15, 0.2) is 4.34 Å². The molecule has 1 aliphatic rings. The van der Waals surface area contributed by atoms with E-state index in [-0.39, 0.29) is 5.91 Å². The van der Waals surface area contributed by atoms with Gasteiger partial charge in [-0.3, -0.25) is 9.69 Å². The Labute approximate surface area is 114 Å². The number of hydrogen-bond donors (Lipinski definition) is 1. The minimum absolute atomic E-state index is 0.115. The Morgan fingerprint density at radius 1 is 1.50 bits per heavy atom. The molecule has 1 amide bonds. The molecule has 18 heavy (non-hydrogen) atoms. The fourth-order valence-electron chi connectivity index (χ4n) is 1.56. The van der Waals surface area contributed by atoms with Gasteiger partial charge in [-0.25, -0.2) is 0 Å². The highest BCUT2D eigenvalue weighted by Gasteiger charge is 2.11. The Kier molecular flexibility index (Phi) is 5.36. The van der Waals surface area contributed by atoms with E-state index in [4.69, 9.17) is 4.74 Å². The number of morpholine rings is 1. The number of amides is 1. The third kappa shape index (κ3) is 4.52. The van der Waals surface area contributed by atoms with Crippen molar-refractivity contribution >= 4 is 34.1 Å². The SMILES string of the molecule is CC(=O)Nc1nnc(SCCN2CCOCC2)s1. The van der Waals surface area contributed by atoms with E-state index < -0.39 is 0 Å². The predicted molar refractivity (Wildman–Crippen MR) is 72.2 cm³/mol. The van der Waals surface area contributed by atoms with Crippen molar-refractivity contribution in [3.63, 3.8) is 0 Å². The van der Waals surface area contributed by atoms with Gasteiger partial charge in [-0.15, -0.1) is 10.2 Å². The first kappa shape index (κ1) is 13.7. The summed E-state index contributed by atoms with van der Waals surface area (Å²) in [6.07, 6.45) is 0. The molecule has 6 nitrogen and oxygen atoms in total. The van der Waals surface area contributed by atoms with Crippen molar-refractivity contribution in [2.75, 3.05) is 43.9 Å². The zero-order chi connectivity index (χ0) is 12.8. The van der Waals surface area contributed by atoms with Crippen molar-refractivity contribution in [3.05, 3.63) is 0 Å². The standard InChI is InChI=1S/C10H16N4O2S2/c1-8(15)11-9-12-13-10(18-9)17-7-4-14-2-5-16-6-3-14/h2-7H2,1H3,(H,11,12,15). The summed E-state index contributed by atoms with van der Waals surface area (Å²) >= 11 is 3.09. The molecule has 1 saturated heterocycles. The lowest BCUT2D eigenvalue weighted by Gasteiger charge is -2.25. The molecule has 8 heteroatoms. The number of carbonyl (C=O) groups excluding carboxylic acids is 1. The van der Waals surface area contributed by atoms with Gasteiger partial charge in [0.2, 0.25) is 11.0 Å². The maximum Gasteiger partial charge on any atom is 0.223 e. The van der Waals surface area contributed by atoms with Crippen LogP contribution in [-0.4, -0.2) is 59.6 Å². The fraction of sp³-hybridized carbons (Fsp3) is 0.700. The number of anilines is 1. The van der Waals surface area contributed by atoms with Gasteiger partial charge in [0.25, 0.3) is 0 Å². The van der Waals surface area contributed by atoms with Crippen LogP contribution >= 0.6 is 23.1 Å². The van der Waals surface area contributed by atoms with Crippen LogP contribution in [0.3, 0.4) is 0 Å². The quantitative estimate of drug-likeness (QED) is 0.642. The number of hydrogen-bond acceptors (Lipinski definition) is 7. The van der Waals surface area contributed by atoms with Crippen LogP contribution in [0.1, 0.15) is 6.92 Å². The van der Waals surface area contributed by atoms with E-state index in [0.29, 0.717) is 5.13 Å². The van der Waals surface area contributed by atoms with Gasteiger partial charge < -0.3 is 10.1 Å². The van der Waals surface area contributed by atoms with Crippen LogP contribution in [0.25, 0.3) is 0 Å². The Morgan fingerprint density at radius 3 is 3.00 bits per heavy atom. The van der Waals surface area contributed by atoms with E-state index in [2.05, 4.69) is 20.4 Å². The average molecular weight is 288 g/mol. The highest BCUT2D eigenvalue weighted by atomic mass is 32.2. The minimum Gasteiger partial charge on any atom is -0.379 e. The van der Waals surface area contributed by atoms with Crippen LogP contribution in [-0.2, 0) is 9.53 Å². The Morgan fingerprint density at radius 2 is 2.28 bits per heavy atom. The lowest BCUT2D eigenvalue weighted by Crippen LogP contribution is -2.37. The third-order valence-corrected chi connectivity index (χ3v) is 4.38. The summed E-state index contributed by atoms with van der Waals surface area (Å²) in [4.78, 5) is 13.2. The van der Waals surface area contributed by atoms with Gasteiger partial charge in [0, 0.05) is 32.3 Å². The van der Waals surface area contributed by atoms with Crippen LogP contribution in [0.4, 0.5) is 5.13 Å². The highest BCUT2D eigenvalue weighted by Crippen LogP contribution is 2.25. The van der Waals surface area contributed by atoms with Crippen molar-refractivity contribution in [2.24, 2.45) is 0 Å². The van der Waals surface area contributed by atoms with Crippen LogP contribution in [0.2, 0.25) is 0 Å². The number of carbonyl (C=O) groups is 1. The largest absolute Gasteiger partial charge is 0.379 e. The van der Waals surface area contributed by atoms with E-state index in [1.165, 1.54) is 18.3 Å². The fourth-order valence-corrected chi connectivity index (χ4v) is 3.42. The molecular weight excluding hydrogens is 272 g/mol. The van der Waals surface area contributed by atoms with E-state index in [0.717, 1.165) is 42.9 Å². The van der Waals surface area contributed by atoms with Gasteiger partial charge in [0.05, 0.1) is 13.2 Å². The first-order valence-electron chi connectivity index (χ1n) is 5.78. The molecule has 1 aromatic rings. The van der Waals surface area contributed by atoms with E-state index in [1.54, 1.807) is 11.8 Å². The second kappa shape index (κ2) is 7.03. The Balaban J connectivity index is 1.69. The summed E-state index contributed by atoms with van der Waals surface area (Å²) in [6, 6.07) is 0. The molecule has 1 aromatic heterocycles. The van der Waals surface area contributed by atoms with E-state index in [9.17, 15) is 4.79 Å². The van der Waals surface area contributed by atoms with Crippen LogP contribution in [0, 0.1) is 0 Å². The summed E-state index contributed by atoms with van der Waals surface area (Å²) in [6.45, 7) is 6.17. The lowest BCUT2D eigenvalue weighted by molar-refractivity contribution is -0.114. The van der Waals surface area contributed by atoms with Crippen molar-refractivity contribution in [1.82, 2.24) is 15.1 Å². The molecule has 100 valence electrons. The summed E-state index contributed by atoms with van der Waals surface area (Å²) in [5, 5.41) is 11.1. The number of aromatic nitrogens is 2. The molecule has 2 rings (SSSR count). The van der Waals surface area contributed by atoms with Crippen molar-refractivity contribution in [1.29, 1.82) is 0 Å². The van der Waals surface area contributed by atoms with Gasteiger partial charge in [-0.05, 0) is 0 Å². The van der Waals surface area contributed by atoms with Gasteiger partial charge >= 0.3 is 0 Å². The second-order valence-electron chi connectivity index (χ2n) is 3.86. The van der Waals surface area contributed by atoms with Gasteiger partial charge in [-0.1, -0.05) is 23.1 Å². The van der Waals surface area contributed by atoms with Crippen LogP contribution in [0.5, 0.6) is 0 Å². The molecule has 0 atom stereocenters. The second-order valence-corrected chi connectivity index (χ2v) is 6.18. The maximum atomic E-state index is 10.8. The molecule has 0 aliphatic carbocycles.